The second-order valence-electron chi connectivity index (χ2n) is 7.10. The first-order chi connectivity index (χ1) is 10.8. The van der Waals surface area contributed by atoms with Gasteiger partial charge in [-0.15, -0.1) is 0 Å². The number of carbonyl (C=O) groups excluding carboxylic acids is 2. The standard InChI is InChI=1S/C17H20N4O2/c1-16(2,8-18)9-21-10-17(7-13(21)14(19)22)11-5-3-4-6-12(11)20-15(17)23/h3-6,13H,7,9-10H2,1-2H3,(H2,19,22)(H,20,23). The van der Waals surface area contributed by atoms with Crippen LogP contribution in [-0.4, -0.2) is 35.8 Å². The Labute approximate surface area is 135 Å². The first-order valence-corrected chi connectivity index (χ1v) is 7.65. The number of rotatable bonds is 3. The van der Waals surface area contributed by atoms with Crippen LogP contribution in [0.2, 0.25) is 0 Å². The van der Waals surface area contributed by atoms with E-state index < -0.39 is 22.8 Å². The maximum Gasteiger partial charge on any atom is 0.236 e. The molecule has 1 saturated heterocycles. The third kappa shape index (κ3) is 2.37. The van der Waals surface area contributed by atoms with Gasteiger partial charge in [0.2, 0.25) is 11.8 Å². The molecule has 0 aromatic heterocycles. The molecule has 0 saturated carbocycles. The lowest BCUT2D eigenvalue weighted by atomic mass is 9.79. The zero-order valence-electron chi connectivity index (χ0n) is 13.3. The van der Waals surface area contributed by atoms with Gasteiger partial charge in [0.15, 0.2) is 0 Å². The summed E-state index contributed by atoms with van der Waals surface area (Å²) in [7, 11) is 0. The second-order valence-corrected chi connectivity index (χ2v) is 7.10. The Bertz CT molecular complexity index is 722. The van der Waals surface area contributed by atoms with Crippen molar-refractivity contribution in [2.75, 3.05) is 18.4 Å². The molecular formula is C17H20N4O2. The van der Waals surface area contributed by atoms with E-state index in [1.165, 1.54) is 0 Å². The number of fused-ring (bicyclic) bond motifs is 2. The lowest BCUT2D eigenvalue weighted by Crippen LogP contribution is -2.44. The number of nitrogens with two attached hydrogens (primary N) is 1. The number of para-hydroxylation sites is 1. The fourth-order valence-corrected chi connectivity index (χ4v) is 3.70. The number of primary amides is 1. The largest absolute Gasteiger partial charge is 0.368 e. The number of amides is 2. The van der Waals surface area contributed by atoms with E-state index in [-0.39, 0.29) is 5.91 Å². The zero-order valence-corrected chi connectivity index (χ0v) is 13.3. The van der Waals surface area contributed by atoms with Gasteiger partial charge in [-0.1, -0.05) is 18.2 Å². The number of nitriles is 1. The van der Waals surface area contributed by atoms with Crippen molar-refractivity contribution in [1.82, 2.24) is 4.90 Å². The van der Waals surface area contributed by atoms with Crippen LogP contribution in [0, 0.1) is 16.7 Å². The summed E-state index contributed by atoms with van der Waals surface area (Å²) in [6.07, 6.45) is 0.354. The molecular weight excluding hydrogens is 292 g/mol. The summed E-state index contributed by atoms with van der Waals surface area (Å²) in [5.41, 5.74) is 5.89. The lowest BCUT2D eigenvalue weighted by Gasteiger charge is -2.28. The summed E-state index contributed by atoms with van der Waals surface area (Å²) < 4.78 is 0. The molecule has 3 rings (SSSR count). The molecule has 1 aromatic carbocycles. The molecule has 3 N–H and O–H groups in total. The summed E-state index contributed by atoms with van der Waals surface area (Å²) in [6, 6.07) is 9.25. The average molecular weight is 312 g/mol. The maximum absolute atomic E-state index is 12.6. The minimum atomic E-state index is -0.762. The van der Waals surface area contributed by atoms with Gasteiger partial charge in [-0.25, -0.2) is 0 Å². The predicted molar refractivity (Wildman–Crippen MR) is 85.3 cm³/mol. The first kappa shape index (κ1) is 15.5. The number of nitrogens with zero attached hydrogens (tertiary/aromatic N) is 2. The highest BCUT2D eigenvalue weighted by Crippen LogP contribution is 2.46. The van der Waals surface area contributed by atoms with E-state index in [4.69, 9.17) is 5.73 Å². The van der Waals surface area contributed by atoms with Crippen LogP contribution < -0.4 is 11.1 Å². The number of nitrogens with one attached hydrogen (secondary N) is 1. The van der Waals surface area contributed by atoms with Crippen molar-refractivity contribution in [1.29, 1.82) is 5.26 Å². The summed E-state index contributed by atoms with van der Waals surface area (Å²) >= 11 is 0. The number of anilines is 1. The van der Waals surface area contributed by atoms with Crippen LogP contribution in [0.3, 0.4) is 0 Å². The number of likely N-dealkylation sites (tertiary alicyclic amines) is 1. The van der Waals surface area contributed by atoms with Crippen LogP contribution in [-0.2, 0) is 15.0 Å². The first-order valence-electron chi connectivity index (χ1n) is 7.65. The molecule has 0 aliphatic carbocycles. The second kappa shape index (κ2) is 5.07. The van der Waals surface area contributed by atoms with Crippen LogP contribution in [0.5, 0.6) is 0 Å². The summed E-state index contributed by atoms with van der Waals surface area (Å²) in [6.45, 7) is 4.43. The molecule has 2 amide bonds. The normalized spacial score (nSPS) is 26.8. The molecule has 6 nitrogen and oxygen atoms in total. The number of carbonyl (C=O) groups is 2. The molecule has 6 heteroatoms. The smallest absolute Gasteiger partial charge is 0.236 e. The Balaban J connectivity index is 1.99. The van der Waals surface area contributed by atoms with E-state index in [1.54, 1.807) is 0 Å². The van der Waals surface area contributed by atoms with Crippen molar-refractivity contribution in [3.8, 4) is 6.07 Å². The van der Waals surface area contributed by atoms with Gasteiger partial charge in [-0.3, -0.25) is 14.5 Å². The fraction of sp³-hybridized carbons (Fsp3) is 0.471. The molecule has 1 fully saturated rings. The maximum atomic E-state index is 12.6. The average Bonchev–Trinajstić information content (AvgIpc) is 2.99. The highest BCUT2D eigenvalue weighted by atomic mass is 16.2. The monoisotopic (exact) mass is 312 g/mol. The lowest BCUT2D eigenvalue weighted by molar-refractivity contribution is -0.122. The molecule has 120 valence electrons. The van der Waals surface area contributed by atoms with Crippen molar-refractivity contribution in [3.63, 3.8) is 0 Å². The highest BCUT2D eigenvalue weighted by Gasteiger charge is 2.56. The Hall–Kier alpha value is -2.39. The van der Waals surface area contributed by atoms with E-state index in [0.29, 0.717) is 19.5 Å². The van der Waals surface area contributed by atoms with Gasteiger partial charge in [0.05, 0.1) is 22.9 Å². The Morgan fingerprint density at radius 3 is 2.87 bits per heavy atom. The van der Waals surface area contributed by atoms with E-state index in [1.807, 2.05) is 43.0 Å². The van der Waals surface area contributed by atoms with Crippen LogP contribution >= 0.6 is 0 Å². The summed E-state index contributed by atoms with van der Waals surface area (Å²) in [5, 5.41) is 12.2. The molecule has 2 atom stereocenters. The van der Waals surface area contributed by atoms with Crippen molar-refractivity contribution in [2.45, 2.75) is 31.7 Å². The Kier molecular flexibility index (Phi) is 3.42. The van der Waals surface area contributed by atoms with Gasteiger partial charge in [0.1, 0.15) is 0 Å². The molecule has 1 spiro atoms. The number of hydrogen-bond donors (Lipinski definition) is 2. The van der Waals surface area contributed by atoms with Gasteiger partial charge in [0, 0.05) is 18.8 Å². The number of benzene rings is 1. The third-order valence-electron chi connectivity index (χ3n) is 4.81. The van der Waals surface area contributed by atoms with Crippen molar-refractivity contribution < 1.29 is 9.59 Å². The number of hydrogen-bond acceptors (Lipinski definition) is 4. The van der Waals surface area contributed by atoms with Gasteiger partial charge in [0.25, 0.3) is 0 Å². The summed E-state index contributed by atoms with van der Waals surface area (Å²) in [4.78, 5) is 26.4. The van der Waals surface area contributed by atoms with Crippen molar-refractivity contribution in [3.05, 3.63) is 29.8 Å². The quantitative estimate of drug-likeness (QED) is 0.869. The predicted octanol–water partition coefficient (Wildman–Crippen LogP) is 0.986. The molecule has 2 heterocycles. The van der Waals surface area contributed by atoms with E-state index in [2.05, 4.69) is 11.4 Å². The zero-order chi connectivity index (χ0) is 16.8. The topological polar surface area (TPSA) is 99.2 Å². The van der Waals surface area contributed by atoms with E-state index in [9.17, 15) is 14.9 Å². The molecule has 0 radical (unpaired) electrons. The van der Waals surface area contributed by atoms with Crippen molar-refractivity contribution >= 4 is 17.5 Å². The Morgan fingerprint density at radius 2 is 2.22 bits per heavy atom. The van der Waals surface area contributed by atoms with Crippen molar-refractivity contribution in [2.24, 2.45) is 11.1 Å². The minimum absolute atomic E-state index is 0.0952. The van der Waals surface area contributed by atoms with Gasteiger partial charge in [-0.05, 0) is 31.9 Å². The molecule has 2 unspecified atom stereocenters. The Morgan fingerprint density at radius 1 is 1.52 bits per heavy atom. The van der Waals surface area contributed by atoms with E-state index >= 15 is 0 Å². The van der Waals surface area contributed by atoms with Crippen LogP contribution in [0.25, 0.3) is 0 Å². The van der Waals surface area contributed by atoms with Gasteiger partial charge in [-0.2, -0.15) is 5.26 Å². The van der Waals surface area contributed by atoms with Gasteiger partial charge >= 0.3 is 0 Å². The molecule has 0 bridgehead atoms. The molecule has 1 aromatic rings. The van der Waals surface area contributed by atoms with E-state index in [0.717, 1.165) is 11.3 Å². The van der Waals surface area contributed by atoms with Crippen LogP contribution in [0.15, 0.2) is 24.3 Å². The summed E-state index contributed by atoms with van der Waals surface area (Å²) in [5.74, 6) is -0.546. The van der Waals surface area contributed by atoms with Crippen LogP contribution in [0.4, 0.5) is 5.69 Å². The van der Waals surface area contributed by atoms with Gasteiger partial charge < -0.3 is 11.1 Å². The fourth-order valence-electron chi connectivity index (χ4n) is 3.70. The third-order valence-corrected chi connectivity index (χ3v) is 4.81. The molecule has 23 heavy (non-hydrogen) atoms. The van der Waals surface area contributed by atoms with Crippen LogP contribution in [0.1, 0.15) is 25.8 Å². The SMILES string of the molecule is CC(C)(C#N)CN1CC2(CC1C(N)=O)C(=O)Nc1ccccc12. The molecule has 2 aliphatic rings. The molecule has 2 aliphatic heterocycles. The highest BCUT2D eigenvalue weighted by molar-refractivity contribution is 6.07. The minimum Gasteiger partial charge on any atom is -0.368 e.